The van der Waals surface area contributed by atoms with Gasteiger partial charge in [-0.2, -0.15) is 0 Å². The Hall–Kier alpha value is -2.82. The summed E-state index contributed by atoms with van der Waals surface area (Å²) in [6.45, 7) is 0. The number of hydrogen-bond donors (Lipinski definition) is 2. The topological polar surface area (TPSA) is 75.6 Å². The van der Waals surface area contributed by atoms with Gasteiger partial charge in [0.05, 0.1) is 13.5 Å². The lowest BCUT2D eigenvalue weighted by atomic mass is 10.1. The number of ether oxygens (including phenoxy) is 1. The molecule has 2 N–H and O–H groups in total. The summed E-state index contributed by atoms with van der Waals surface area (Å²) in [7, 11) is 1.65. The Bertz CT molecular complexity index is 785. The van der Waals surface area contributed by atoms with E-state index >= 15 is 0 Å². The Morgan fingerprint density at radius 2 is 2.00 bits per heavy atom. The zero-order chi connectivity index (χ0) is 17.1. The summed E-state index contributed by atoms with van der Waals surface area (Å²) in [5.74, 6) is -0.238. The number of methoxy groups -OCH3 is 1. The van der Waals surface area contributed by atoms with E-state index < -0.39 is 5.97 Å². The largest absolute Gasteiger partial charge is 0.496 e. The van der Waals surface area contributed by atoms with Gasteiger partial charge in [0.25, 0.3) is 5.91 Å². The van der Waals surface area contributed by atoms with E-state index in [0.717, 1.165) is 24.2 Å². The molecule has 0 heterocycles. The van der Waals surface area contributed by atoms with E-state index in [1.807, 2.05) is 12.1 Å². The van der Waals surface area contributed by atoms with Crippen molar-refractivity contribution < 1.29 is 19.4 Å². The van der Waals surface area contributed by atoms with Gasteiger partial charge < -0.3 is 15.2 Å². The number of fused-ring (bicyclic) bond motifs is 1. The minimum Gasteiger partial charge on any atom is -0.496 e. The summed E-state index contributed by atoms with van der Waals surface area (Å²) in [5.41, 5.74) is 3.44. The van der Waals surface area contributed by atoms with Crippen LogP contribution in [0.25, 0.3) is 0 Å². The number of nitrogens with one attached hydrogen (secondary N) is 1. The van der Waals surface area contributed by atoms with Crippen LogP contribution in [0.3, 0.4) is 0 Å². The summed E-state index contributed by atoms with van der Waals surface area (Å²) >= 11 is 0. The summed E-state index contributed by atoms with van der Waals surface area (Å²) < 4.78 is 5.38. The molecular formula is C19H19NO4. The molecule has 3 rings (SSSR count). The average molecular weight is 325 g/mol. The molecule has 1 atom stereocenters. The van der Waals surface area contributed by atoms with Crippen molar-refractivity contribution >= 4 is 11.9 Å². The van der Waals surface area contributed by atoms with Gasteiger partial charge in [-0.25, -0.2) is 0 Å². The van der Waals surface area contributed by atoms with Crippen LogP contribution < -0.4 is 10.1 Å². The molecule has 24 heavy (non-hydrogen) atoms. The van der Waals surface area contributed by atoms with Crippen molar-refractivity contribution in [3.8, 4) is 5.75 Å². The highest BCUT2D eigenvalue weighted by molar-refractivity contribution is 5.94. The number of carbonyl (C=O) groups excluding carboxylic acids is 1. The molecule has 2 aromatic carbocycles. The van der Waals surface area contributed by atoms with E-state index in [1.54, 1.807) is 31.4 Å². The maximum absolute atomic E-state index is 12.5. The first-order valence-electron chi connectivity index (χ1n) is 7.83. The average Bonchev–Trinajstić information content (AvgIpc) is 2.96. The zero-order valence-electron chi connectivity index (χ0n) is 13.4. The van der Waals surface area contributed by atoms with Gasteiger partial charge in [0.2, 0.25) is 0 Å². The minimum atomic E-state index is -0.911. The Labute approximate surface area is 140 Å². The molecule has 0 aromatic heterocycles. The number of rotatable bonds is 5. The van der Waals surface area contributed by atoms with E-state index in [-0.39, 0.29) is 18.4 Å². The lowest BCUT2D eigenvalue weighted by molar-refractivity contribution is -0.136. The van der Waals surface area contributed by atoms with Gasteiger partial charge in [-0.15, -0.1) is 0 Å². The molecule has 2 aromatic rings. The van der Waals surface area contributed by atoms with Gasteiger partial charge in [0.15, 0.2) is 0 Å². The van der Waals surface area contributed by atoms with Crippen LogP contribution in [0.2, 0.25) is 0 Å². The molecule has 0 fully saturated rings. The lowest BCUT2D eigenvalue weighted by Crippen LogP contribution is -2.35. The first kappa shape index (κ1) is 16.1. The number of amides is 1. The van der Waals surface area contributed by atoms with E-state index in [4.69, 9.17) is 9.84 Å². The third kappa shape index (κ3) is 3.40. The molecule has 1 amide bonds. The molecule has 1 aliphatic rings. The number of aliphatic carboxylic acids is 1. The number of carboxylic acids is 1. The molecular weight excluding hydrogens is 306 g/mol. The SMILES string of the molecule is COc1cccc2c1CC(NC(=O)c1cccc(CC(=O)O)c1)C2. The van der Waals surface area contributed by atoms with Crippen LogP contribution in [0.1, 0.15) is 27.0 Å². The maximum atomic E-state index is 12.5. The highest BCUT2D eigenvalue weighted by atomic mass is 16.5. The summed E-state index contributed by atoms with van der Waals surface area (Å²) in [6.07, 6.45) is 1.42. The molecule has 0 radical (unpaired) electrons. The van der Waals surface area contributed by atoms with Crippen molar-refractivity contribution in [1.82, 2.24) is 5.32 Å². The summed E-state index contributed by atoms with van der Waals surface area (Å²) in [6, 6.07) is 12.7. The van der Waals surface area contributed by atoms with E-state index in [0.29, 0.717) is 11.1 Å². The van der Waals surface area contributed by atoms with Crippen molar-refractivity contribution in [2.75, 3.05) is 7.11 Å². The van der Waals surface area contributed by atoms with Gasteiger partial charge in [-0.05, 0) is 47.7 Å². The monoisotopic (exact) mass is 325 g/mol. The first-order chi connectivity index (χ1) is 11.6. The third-order valence-corrected chi connectivity index (χ3v) is 4.25. The molecule has 0 bridgehead atoms. The fourth-order valence-corrected chi connectivity index (χ4v) is 3.18. The molecule has 0 aliphatic heterocycles. The van der Waals surface area contributed by atoms with Gasteiger partial charge in [-0.3, -0.25) is 9.59 Å². The van der Waals surface area contributed by atoms with Crippen molar-refractivity contribution in [3.05, 3.63) is 64.7 Å². The van der Waals surface area contributed by atoms with Crippen LogP contribution in [-0.4, -0.2) is 30.1 Å². The molecule has 1 aliphatic carbocycles. The Balaban J connectivity index is 1.69. The molecule has 0 saturated heterocycles. The van der Waals surface area contributed by atoms with Gasteiger partial charge in [-0.1, -0.05) is 24.3 Å². The molecule has 124 valence electrons. The van der Waals surface area contributed by atoms with E-state index in [1.165, 1.54) is 5.56 Å². The Kier molecular flexibility index (Phi) is 4.51. The van der Waals surface area contributed by atoms with Gasteiger partial charge in [0, 0.05) is 11.6 Å². The predicted octanol–water partition coefficient (Wildman–Crippen LogP) is 2.22. The fourth-order valence-electron chi connectivity index (χ4n) is 3.18. The smallest absolute Gasteiger partial charge is 0.307 e. The van der Waals surface area contributed by atoms with Crippen molar-refractivity contribution in [2.45, 2.75) is 25.3 Å². The lowest BCUT2D eigenvalue weighted by Gasteiger charge is -2.13. The predicted molar refractivity (Wildman–Crippen MR) is 89.4 cm³/mol. The highest BCUT2D eigenvalue weighted by Gasteiger charge is 2.25. The summed E-state index contributed by atoms with van der Waals surface area (Å²) in [5, 5.41) is 11.9. The maximum Gasteiger partial charge on any atom is 0.307 e. The van der Waals surface area contributed by atoms with Crippen molar-refractivity contribution in [1.29, 1.82) is 0 Å². The Morgan fingerprint density at radius 3 is 2.75 bits per heavy atom. The number of benzene rings is 2. The highest BCUT2D eigenvalue weighted by Crippen LogP contribution is 2.30. The van der Waals surface area contributed by atoms with Crippen LogP contribution in [0.5, 0.6) is 5.75 Å². The third-order valence-electron chi connectivity index (χ3n) is 4.25. The molecule has 0 spiro atoms. The standard InChI is InChI=1S/C19H19NO4/c1-24-17-7-3-5-13-10-15(11-16(13)17)20-19(23)14-6-2-4-12(8-14)9-18(21)22/h2-8,15H,9-11H2,1H3,(H,20,23)(H,21,22). The fraction of sp³-hybridized carbons (Fsp3) is 0.263. The molecule has 1 unspecified atom stereocenters. The second kappa shape index (κ2) is 6.74. The zero-order valence-corrected chi connectivity index (χ0v) is 13.4. The second-order valence-electron chi connectivity index (χ2n) is 5.95. The van der Waals surface area contributed by atoms with Crippen LogP contribution in [0, 0.1) is 0 Å². The quantitative estimate of drug-likeness (QED) is 0.884. The molecule has 0 saturated carbocycles. The summed E-state index contributed by atoms with van der Waals surface area (Å²) in [4.78, 5) is 23.3. The normalized spacial score (nSPS) is 15.6. The number of hydrogen-bond acceptors (Lipinski definition) is 3. The van der Waals surface area contributed by atoms with Crippen LogP contribution in [0.4, 0.5) is 0 Å². The molecule has 5 nitrogen and oxygen atoms in total. The van der Waals surface area contributed by atoms with Gasteiger partial charge in [0.1, 0.15) is 5.75 Å². The van der Waals surface area contributed by atoms with Crippen LogP contribution >= 0.6 is 0 Å². The van der Waals surface area contributed by atoms with Gasteiger partial charge >= 0.3 is 5.97 Å². The minimum absolute atomic E-state index is 0.0203. The number of carboxylic acid groups (broad SMARTS) is 1. The second-order valence-corrected chi connectivity index (χ2v) is 5.95. The van der Waals surface area contributed by atoms with Crippen molar-refractivity contribution in [2.24, 2.45) is 0 Å². The molecule has 5 heteroatoms. The first-order valence-corrected chi connectivity index (χ1v) is 7.83. The number of carbonyl (C=O) groups is 2. The van der Waals surface area contributed by atoms with E-state index in [9.17, 15) is 9.59 Å². The van der Waals surface area contributed by atoms with Crippen LogP contribution in [0.15, 0.2) is 42.5 Å². The van der Waals surface area contributed by atoms with E-state index in [2.05, 4.69) is 11.4 Å². The Morgan fingerprint density at radius 1 is 1.21 bits per heavy atom. The van der Waals surface area contributed by atoms with Crippen LogP contribution in [-0.2, 0) is 24.1 Å². The van der Waals surface area contributed by atoms with Crippen molar-refractivity contribution in [3.63, 3.8) is 0 Å².